The van der Waals surface area contributed by atoms with Gasteiger partial charge in [-0.1, -0.05) is 66.4 Å². The van der Waals surface area contributed by atoms with E-state index in [1.165, 1.54) is 0 Å². The van der Waals surface area contributed by atoms with Crippen LogP contribution in [0.3, 0.4) is 0 Å². The van der Waals surface area contributed by atoms with Crippen molar-refractivity contribution in [3.63, 3.8) is 0 Å². The van der Waals surface area contributed by atoms with Crippen molar-refractivity contribution in [3.8, 4) is 11.9 Å². The number of hydrogen-bond donors (Lipinski definition) is 0. The second kappa shape index (κ2) is 10.9. The van der Waals surface area contributed by atoms with Crippen LogP contribution in [0.25, 0.3) is 0 Å². The first kappa shape index (κ1) is 21.4. The molecule has 2 heterocycles. The number of hydrogen-bond acceptors (Lipinski definition) is 7. The van der Waals surface area contributed by atoms with Gasteiger partial charge in [-0.05, 0) is 23.8 Å². The van der Waals surface area contributed by atoms with Crippen molar-refractivity contribution in [1.82, 2.24) is 9.97 Å². The van der Waals surface area contributed by atoms with Gasteiger partial charge in [-0.3, -0.25) is 0 Å². The number of rotatable bonds is 9. The highest BCUT2D eigenvalue weighted by molar-refractivity contribution is 8.00. The van der Waals surface area contributed by atoms with Crippen molar-refractivity contribution in [1.29, 1.82) is 0 Å². The van der Waals surface area contributed by atoms with E-state index in [0.717, 1.165) is 10.5 Å². The quantitative estimate of drug-likeness (QED) is 0.457. The molecule has 3 atom stereocenters. The zero-order chi connectivity index (χ0) is 21.3. The highest BCUT2D eigenvalue weighted by Gasteiger charge is 2.29. The third-order valence-electron chi connectivity index (χ3n) is 4.61. The molecule has 4 rings (SSSR count). The van der Waals surface area contributed by atoms with Crippen molar-refractivity contribution in [2.24, 2.45) is 0 Å². The number of methoxy groups -OCH3 is 1. The van der Waals surface area contributed by atoms with Gasteiger partial charge in [0.1, 0.15) is 24.3 Å². The second-order valence-electron chi connectivity index (χ2n) is 6.81. The lowest BCUT2D eigenvalue weighted by Crippen LogP contribution is -2.40. The highest BCUT2D eigenvalue weighted by atomic mass is 32.2. The molecule has 0 spiro atoms. The van der Waals surface area contributed by atoms with Gasteiger partial charge in [0.15, 0.2) is 0 Å². The normalized spacial score (nSPS) is 20.4. The van der Waals surface area contributed by atoms with Gasteiger partial charge in [-0.2, -0.15) is 4.98 Å². The van der Waals surface area contributed by atoms with Crippen LogP contribution in [0.5, 0.6) is 11.9 Å². The molecule has 0 fully saturated rings. The third kappa shape index (κ3) is 6.30. The van der Waals surface area contributed by atoms with Crippen LogP contribution in [-0.2, 0) is 16.1 Å². The molecular weight excluding hydrogens is 412 g/mol. The lowest BCUT2D eigenvalue weighted by atomic mass is 10.1. The molecule has 7 heteroatoms. The predicted molar refractivity (Wildman–Crippen MR) is 119 cm³/mol. The van der Waals surface area contributed by atoms with Gasteiger partial charge in [0, 0.05) is 17.2 Å². The Morgan fingerprint density at radius 2 is 1.74 bits per heavy atom. The van der Waals surface area contributed by atoms with Gasteiger partial charge < -0.3 is 18.9 Å². The first-order valence-electron chi connectivity index (χ1n) is 10.0. The van der Waals surface area contributed by atoms with Gasteiger partial charge in [-0.15, -0.1) is 0 Å². The van der Waals surface area contributed by atoms with E-state index in [1.54, 1.807) is 31.1 Å². The molecule has 0 radical (unpaired) electrons. The fourth-order valence-corrected chi connectivity index (χ4v) is 4.00. The minimum atomic E-state index is -0.315. The Labute approximate surface area is 186 Å². The number of thioether (sulfide) groups is 1. The molecule has 0 bridgehead atoms. The van der Waals surface area contributed by atoms with E-state index in [1.807, 2.05) is 60.7 Å². The van der Waals surface area contributed by atoms with Crippen molar-refractivity contribution < 1.29 is 18.9 Å². The van der Waals surface area contributed by atoms with E-state index in [9.17, 15) is 0 Å². The Hall–Kier alpha value is -2.87. The number of aromatic nitrogens is 2. The largest absolute Gasteiger partial charge is 0.481 e. The third-order valence-corrected chi connectivity index (χ3v) is 5.65. The fourth-order valence-electron chi connectivity index (χ4n) is 3.05. The maximum Gasteiger partial charge on any atom is 0.319 e. The molecule has 0 aliphatic carbocycles. The molecule has 6 nitrogen and oxygen atoms in total. The summed E-state index contributed by atoms with van der Waals surface area (Å²) in [5.41, 5.74) is 0.964. The van der Waals surface area contributed by atoms with Crippen molar-refractivity contribution in [2.45, 2.75) is 29.1 Å². The van der Waals surface area contributed by atoms with Crippen LogP contribution in [0.15, 0.2) is 90.0 Å². The van der Waals surface area contributed by atoms with Gasteiger partial charge in [0.2, 0.25) is 5.88 Å². The molecule has 1 unspecified atom stereocenters. The molecule has 0 N–H and O–H groups in total. The van der Waals surface area contributed by atoms with Crippen molar-refractivity contribution >= 4 is 11.8 Å². The summed E-state index contributed by atoms with van der Waals surface area (Å²) >= 11 is 1.64. The van der Waals surface area contributed by atoms with E-state index < -0.39 is 0 Å². The summed E-state index contributed by atoms with van der Waals surface area (Å²) in [6.07, 6.45) is 5.11. The lowest BCUT2D eigenvalue weighted by molar-refractivity contribution is -0.0835. The topological polar surface area (TPSA) is 62.7 Å². The number of nitrogens with zero attached hydrogens (tertiary/aromatic N) is 2. The van der Waals surface area contributed by atoms with Crippen LogP contribution in [0.2, 0.25) is 0 Å². The summed E-state index contributed by atoms with van der Waals surface area (Å²) < 4.78 is 23.4. The Morgan fingerprint density at radius 3 is 2.52 bits per heavy atom. The first-order chi connectivity index (χ1) is 15.3. The van der Waals surface area contributed by atoms with Crippen LogP contribution in [-0.4, -0.2) is 41.3 Å². The predicted octanol–water partition coefficient (Wildman–Crippen LogP) is 4.52. The van der Waals surface area contributed by atoms with Gasteiger partial charge >= 0.3 is 6.01 Å². The monoisotopic (exact) mass is 436 g/mol. The van der Waals surface area contributed by atoms with Crippen LogP contribution in [0.1, 0.15) is 5.56 Å². The molecule has 1 aliphatic rings. The summed E-state index contributed by atoms with van der Waals surface area (Å²) in [4.78, 5) is 9.49. The average molecular weight is 437 g/mol. The summed E-state index contributed by atoms with van der Waals surface area (Å²) in [6, 6.07) is 22.1. The Balaban J connectivity index is 1.43. The summed E-state index contributed by atoms with van der Waals surface area (Å²) in [5.74, 6) is 0.448. The second-order valence-corrected chi connectivity index (χ2v) is 7.98. The smallest absolute Gasteiger partial charge is 0.319 e. The van der Waals surface area contributed by atoms with Gasteiger partial charge in [0.05, 0.1) is 13.7 Å². The molecule has 0 saturated heterocycles. The van der Waals surface area contributed by atoms with Crippen LogP contribution < -0.4 is 9.47 Å². The fraction of sp³-hybridized carbons (Fsp3) is 0.250. The van der Waals surface area contributed by atoms with E-state index >= 15 is 0 Å². The van der Waals surface area contributed by atoms with Crippen molar-refractivity contribution in [3.05, 3.63) is 90.6 Å². The first-order valence-corrected chi connectivity index (χ1v) is 10.9. The maximum absolute atomic E-state index is 6.31. The molecule has 1 aromatic heterocycles. The molecule has 1 aliphatic heterocycles. The van der Waals surface area contributed by atoms with E-state index in [-0.39, 0.29) is 30.3 Å². The van der Waals surface area contributed by atoms with Crippen LogP contribution in [0.4, 0.5) is 0 Å². The summed E-state index contributed by atoms with van der Waals surface area (Å²) in [6.45, 7) is 0.741. The minimum absolute atomic E-state index is 0.140. The maximum atomic E-state index is 6.31. The molecule has 2 aromatic carbocycles. The molecule has 0 saturated carbocycles. The molecule has 160 valence electrons. The molecule has 3 aromatic rings. The van der Waals surface area contributed by atoms with Crippen LogP contribution >= 0.6 is 11.8 Å². The van der Waals surface area contributed by atoms with E-state index in [4.69, 9.17) is 18.9 Å². The summed E-state index contributed by atoms with van der Waals surface area (Å²) in [5, 5.41) is 0. The van der Waals surface area contributed by atoms with Crippen molar-refractivity contribution in [2.75, 3.05) is 13.7 Å². The summed E-state index contributed by atoms with van der Waals surface area (Å²) in [7, 11) is 1.56. The Bertz CT molecular complexity index is 972. The molecule has 0 amide bonds. The van der Waals surface area contributed by atoms with Gasteiger partial charge in [0.25, 0.3) is 0 Å². The van der Waals surface area contributed by atoms with Gasteiger partial charge in [-0.25, -0.2) is 4.98 Å². The zero-order valence-electron chi connectivity index (χ0n) is 17.2. The van der Waals surface area contributed by atoms with E-state index in [0.29, 0.717) is 12.5 Å². The van der Waals surface area contributed by atoms with Crippen LogP contribution in [0, 0.1) is 0 Å². The standard InChI is InChI=1S/C24H24N2O4S/c1-27-22-14-15-25-24(26-22)29-17-21-20(28-16-18-8-4-2-5-9-18)12-13-23(30-21)31-19-10-6-3-7-11-19/h2-15,20-21,23H,16-17H2,1H3/t20-,21+,23?/m0/s1. The Morgan fingerprint density at radius 1 is 0.968 bits per heavy atom. The average Bonchev–Trinajstić information content (AvgIpc) is 2.83. The molecule has 31 heavy (non-hydrogen) atoms. The Kier molecular flexibility index (Phi) is 7.55. The minimum Gasteiger partial charge on any atom is -0.481 e. The highest BCUT2D eigenvalue weighted by Crippen LogP contribution is 2.30. The molecular formula is C24H24N2O4S. The number of ether oxygens (including phenoxy) is 4. The lowest BCUT2D eigenvalue weighted by Gasteiger charge is -2.31. The van der Waals surface area contributed by atoms with E-state index in [2.05, 4.69) is 22.1 Å². The SMILES string of the molecule is COc1ccnc(OC[C@H]2OC(Sc3ccccc3)C=C[C@@H]2OCc2ccccc2)n1. The zero-order valence-corrected chi connectivity index (χ0v) is 18.0. The number of benzene rings is 2.